The Morgan fingerprint density at radius 3 is 2.32 bits per heavy atom. The van der Waals surface area contributed by atoms with Crippen molar-refractivity contribution >= 4 is 17.5 Å². The molecule has 1 aliphatic heterocycles. The number of rotatable bonds is 3. The number of hydrogen-bond acceptors (Lipinski definition) is 3. The fraction of sp³-hybridized carbons (Fsp3) is 0.545. The predicted octanol–water partition coefficient (Wildman–Crippen LogP) is 4.39. The molecule has 1 fully saturated rings. The topological polar surface area (TPSA) is 59.0 Å². The van der Waals surface area contributed by atoms with Crippen LogP contribution in [-0.2, 0) is 10.3 Å². The summed E-state index contributed by atoms with van der Waals surface area (Å²) in [6.07, 6.45) is 2.73. The molecular weight excluding hydrogens is 372 g/mol. The summed E-state index contributed by atoms with van der Waals surface area (Å²) in [6.45, 7) is 12.4. The van der Waals surface area contributed by atoms with Gasteiger partial charge in [-0.15, -0.1) is 0 Å². The molecule has 2 N–H and O–H groups in total. The lowest BCUT2D eigenvalue weighted by molar-refractivity contribution is -0.124. The zero-order chi connectivity index (χ0) is 20.7. The standard InChI is InChI=1S/C22H31ClN4O/c1-21(2,3)25-20(28)18-13-16(17-11-12-27(26-17)22(4,5)6)19(24-18)14-7-9-15(23)10-8-14/h7-12,16,18-19,24H,13H2,1-6H3,(H,25,28)/t16?,18-,19-/m0/s1. The number of carbonyl (C=O) groups excluding carboxylic acids is 1. The van der Waals surface area contributed by atoms with E-state index in [4.69, 9.17) is 16.7 Å². The molecule has 3 rings (SSSR count). The van der Waals surface area contributed by atoms with E-state index in [0.29, 0.717) is 11.4 Å². The highest BCUT2D eigenvalue weighted by Crippen LogP contribution is 2.40. The molecule has 152 valence electrons. The number of aromatic nitrogens is 2. The summed E-state index contributed by atoms with van der Waals surface area (Å²) in [5.41, 5.74) is 1.78. The van der Waals surface area contributed by atoms with E-state index in [-0.39, 0.29) is 35.0 Å². The van der Waals surface area contributed by atoms with Crippen LogP contribution in [0, 0.1) is 0 Å². The van der Waals surface area contributed by atoms with Crippen molar-refractivity contribution in [2.75, 3.05) is 0 Å². The van der Waals surface area contributed by atoms with E-state index in [1.165, 1.54) is 0 Å². The van der Waals surface area contributed by atoms with Crippen molar-refractivity contribution < 1.29 is 4.79 Å². The van der Waals surface area contributed by atoms with Gasteiger partial charge in [-0.05, 0) is 71.7 Å². The Hall–Kier alpha value is -1.85. The fourth-order valence-corrected chi connectivity index (χ4v) is 3.76. The molecular formula is C22H31ClN4O. The molecule has 1 aromatic carbocycles. The average Bonchev–Trinajstić information content (AvgIpc) is 3.20. The summed E-state index contributed by atoms with van der Waals surface area (Å²) in [4.78, 5) is 12.8. The third kappa shape index (κ3) is 4.76. The average molecular weight is 403 g/mol. The quantitative estimate of drug-likeness (QED) is 0.800. The first-order valence-corrected chi connectivity index (χ1v) is 10.2. The van der Waals surface area contributed by atoms with Gasteiger partial charge in [-0.1, -0.05) is 23.7 Å². The minimum absolute atomic E-state index is 0.0105. The van der Waals surface area contributed by atoms with Crippen LogP contribution in [0.3, 0.4) is 0 Å². The van der Waals surface area contributed by atoms with Crippen LogP contribution in [0.15, 0.2) is 36.5 Å². The zero-order valence-electron chi connectivity index (χ0n) is 17.6. The highest BCUT2D eigenvalue weighted by atomic mass is 35.5. The molecule has 1 unspecified atom stereocenters. The van der Waals surface area contributed by atoms with Crippen LogP contribution in [0.5, 0.6) is 0 Å². The van der Waals surface area contributed by atoms with Crippen LogP contribution in [0.2, 0.25) is 5.02 Å². The molecule has 0 bridgehead atoms. The summed E-state index contributed by atoms with van der Waals surface area (Å²) < 4.78 is 1.99. The van der Waals surface area contributed by atoms with Gasteiger partial charge < -0.3 is 5.32 Å². The molecule has 0 spiro atoms. The minimum Gasteiger partial charge on any atom is -0.350 e. The van der Waals surface area contributed by atoms with Gasteiger partial charge in [-0.3, -0.25) is 14.8 Å². The first kappa shape index (κ1) is 20.9. The highest BCUT2D eigenvalue weighted by Gasteiger charge is 2.40. The van der Waals surface area contributed by atoms with Crippen molar-refractivity contribution in [3.63, 3.8) is 0 Å². The van der Waals surface area contributed by atoms with Crippen molar-refractivity contribution in [3.8, 4) is 0 Å². The fourth-order valence-electron chi connectivity index (χ4n) is 3.63. The van der Waals surface area contributed by atoms with E-state index in [9.17, 15) is 4.79 Å². The van der Waals surface area contributed by atoms with E-state index in [1.54, 1.807) is 0 Å². The second-order valence-electron chi connectivity index (χ2n) is 9.69. The molecule has 1 aliphatic rings. The molecule has 2 aromatic rings. The number of carbonyl (C=O) groups is 1. The molecule has 1 aromatic heterocycles. The van der Waals surface area contributed by atoms with Crippen LogP contribution < -0.4 is 10.6 Å². The predicted molar refractivity (Wildman–Crippen MR) is 114 cm³/mol. The van der Waals surface area contributed by atoms with E-state index >= 15 is 0 Å². The number of nitrogens with one attached hydrogen (secondary N) is 2. The summed E-state index contributed by atoms with van der Waals surface area (Å²) in [5, 5.41) is 12.2. The van der Waals surface area contributed by atoms with Gasteiger partial charge in [0.05, 0.1) is 17.3 Å². The molecule has 0 saturated carbocycles. The molecule has 5 nitrogen and oxygen atoms in total. The number of nitrogens with zero attached hydrogens (tertiary/aromatic N) is 2. The van der Waals surface area contributed by atoms with Crippen molar-refractivity contribution in [1.29, 1.82) is 0 Å². The molecule has 1 saturated heterocycles. The van der Waals surface area contributed by atoms with E-state index in [1.807, 2.05) is 55.9 Å². The monoisotopic (exact) mass is 402 g/mol. The Kier molecular flexibility index (Phi) is 5.61. The van der Waals surface area contributed by atoms with E-state index in [2.05, 4.69) is 37.5 Å². The second kappa shape index (κ2) is 7.53. The summed E-state index contributed by atoms with van der Waals surface area (Å²) in [5.74, 6) is 0.143. The van der Waals surface area contributed by atoms with Gasteiger partial charge in [0.25, 0.3) is 0 Å². The maximum absolute atomic E-state index is 12.8. The maximum Gasteiger partial charge on any atom is 0.237 e. The third-order valence-corrected chi connectivity index (χ3v) is 5.25. The van der Waals surface area contributed by atoms with Crippen molar-refractivity contribution in [2.24, 2.45) is 0 Å². The largest absolute Gasteiger partial charge is 0.350 e. The molecule has 3 atom stereocenters. The van der Waals surface area contributed by atoms with Gasteiger partial charge in [-0.25, -0.2) is 0 Å². The molecule has 2 heterocycles. The van der Waals surface area contributed by atoms with Crippen molar-refractivity contribution in [3.05, 3.63) is 52.8 Å². The summed E-state index contributed by atoms with van der Waals surface area (Å²) >= 11 is 6.08. The molecule has 0 aliphatic carbocycles. The first-order valence-electron chi connectivity index (χ1n) is 9.84. The van der Waals surface area contributed by atoms with Gasteiger partial charge >= 0.3 is 0 Å². The number of hydrogen-bond donors (Lipinski definition) is 2. The van der Waals surface area contributed by atoms with E-state index in [0.717, 1.165) is 11.3 Å². The Labute approximate surface area is 172 Å². The zero-order valence-corrected chi connectivity index (χ0v) is 18.3. The Morgan fingerprint density at radius 2 is 1.79 bits per heavy atom. The van der Waals surface area contributed by atoms with Gasteiger partial charge in [0.2, 0.25) is 5.91 Å². The molecule has 6 heteroatoms. The van der Waals surface area contributed by atoms with Crippen molar-refractivity contribution in [2.45, 2.75) is 77.0 Å². The van der Waals surface area contributed by atoms with Gasteiger partial charge in [0.1, 0.15) is 0 Å². The third-order valence-electron chi connectivity index (χ3n) is 4.99. The number of halogens is 1. The Morgan fingerprint density at radius 1 is 1.14 bits per heavy atom. The second-order valence-corrected chi connectivity index (χ2v) is 10.1. The van der Waals surface area contributed by atoms with Gasteiger partial charge in [0, 0.05) is 28.7 Å². The van der Waals surface area contributed by atoms with Crippen LogP contribution >= 0.6 is 11.6 Å². The Balaban J connectivity index is 1.91. The lowest BCUT2D eigenvalue weighted by atomic mass is 9.90. The normalized spacial score (nSPS) is 23.0. The summed E-state index contributed by atoms with van der Waals surface area (Å²) in [6, 6.07) is 9.67. The lowest BCUT2D eigenvalue weighted by Gasteiger charge is -2.23. The highest BCUT2D eigenvalue weighted by molar-refractivity contribution is 6.30. The molecule has 28 heavy (non-hydrogen) atoms. The first-order chi connectivity index (χ1) is 12.9. The van der Waals surface area contributed by atoms with Crippen LogP contribution in [0.25, 0.3) is 0 Å². The molecule has 1 amide bonds. The number of benzene rings is 1. The van der Waals surface area contributed by atoms with E-state index < -0.39 is 0 Å². The maximum atomic E-state index is 12.8. The molecule has 0 radical (unpaired) electrons. The summed E-state index contributed by atoms with van der Waals surface area (Å²) in [7, 11) is 0. The lowest BCUT2D eigenvalue weighted by Crippen LogP contribution is -2.48. The van der Waals surface area contributed by atoms with Crippen LogP contribution in [0.4, 0.5) is 0 Å². The van der Waals surface area contributed by atoms with Crippen LogP contribution in [0.1, 0.15) is 71.2 Å². The number of amides is 1. The smallest absolute Gasteiger partial charge is 0.237 e. The van der Waals surface area contributed by atoms with Crippen molar-refractivity contribution in [1.82, 2.24) is 20.4 Å². The minimum atomic E-state index is -0.263. The Bertz CT molecular complexity index is 829. The van der Waals surface area contributed by atoms with Crippen LogP contribution in [-0.4, -0.2) is 27.3 Å². The van der Waals surface area contributed by atoms with Gasteiger partial charge in [-0.2, -0.15) is 5.10 Å². The van der Waals surface area contributed by atoms with Gasteiger partial charge in [0.15, 0.2) is 0 Å². The SMILES string of the molecule is CC(C)(C)NC(=O)[C@@H]1CC(c2ccn(C(C)(C)C)n2)[C@H](c2ccc(Cl)cc2)N1.